The first-order valence-corrected chi connectivity index (χ1v) is 6.28. The zero-order chi connectivity index (χ0) is 13.8. The number of piperidine rings is 1. The van der Waals surface area contributed by atoms with Crippen molar-refractivity contribution in [3.63, 3.8) is 0 Å². The van der Waals surface area contributed by atoms with Gasteiger partial charge in [-0.2, -0.15) is 0 Å². The summed E-state index contributed by atoms with van der Waals surface area (Å²) in [7, 11) is 0. The molecular weight excluding hydrogens is 252 g/mol. The highest BCUT2D eigenvalue weighted by Crippen LogP contribution is 2.18. The Bertz CT molecular complexity index is 447. The van der Waals surface area contributed by atoms with Gasteiger partial charge in [-0.1, -0.05) is 6.07 Å². The SMILES string of the molecule is NC1CCCN(CC(=O)Nc2c(F)cccc2F)C1. The van der Waals surface area contributed by atoms with Gasteiger partial charge in [-0.25, -0.2) is 8.78 Å². The summed E-state index contributed by atoms with van der Waals surface area (Å²) in [5, 5.41) is 2.27. The molecule has 1 aliphatic rings. The number of carbonyl (C=O) groups excluding carboxylic acids is 1. The Morgan fingerprint density at radius 2 is 2.11 bits per heavy atom. The van der Waals surface area contributed by atoms with Crippen LogP contribution in [0.25, 0.3) is 0 Å². The highest BCUT2D eigenvalue weighted by molar-refractivity contribution is 5.92. The van der Waals surface area contributed by atoms with Crippen LogP contribution in [0.2, 0.25) is 0 Å². The maximum absolute atomic E-state index is 13.4. The Hall–Kier alpha value is -1.53. The van der Waals surface area contributed by atoms with E-state index in [1.807, 2.05) is 4.90 Å². The van der Waals surface area contributed by atoms with Crippen molar-refractivity contribution in [2.75, 3.05) is 25.0 Å². The molecule has 2 rings (SSSR count). The Labute approximate surface area is 110 Å². The van der Waals surface area contributed by atoms with Crippen molar-refractivity contribution in [2.45, 2.75) is 18.9 Å². The summed E-state index contributed by atoms with van der Waals surface area (Å²) >= 11 is 0. The van der Waals surface area contributed by atoms with Crippen LogP contribution in [0.5, 0.6) is 0 Å². The van der Waals surface area contributed by atoms with Gasteiger partial charge in [0.2, 0.25) is 5.91 Å². The molecule has 3 N–H and O–H groups in total. The zero-order valence-corrected chi connectivity index (χ0v) is 10.5. The molecule has 1 saturated heterocycles. The van der Waals surface area contributed by atoms with E-state index in [1.54, 1.807) is 0 Å². The number of rotatable bonds is 3. The third kappa shape index (κ3) is 3.71. The van der Waals surface area contributed by atoms with E-state index in [4.69, 9.17) is 5.73 Å². The second kappa shape index (κ2) is 6.08. The van der Waals surface area contributed by atoms with Crippen LogP contribution in [-0.4, -0.2) is 36.5 Å². The highest BCUT2D eigenvalue weighted by atomic mass is 19.1. The average Bonchev–Trinajstić information content (AvgIpc) is 2.34. The molecule has 0 radical (unpaired) electrons. The van der Waals surface area contributed by atoms with Gasteiger partial charge < -0.3 is 11.1 Å². The molecule has 1 amide bonds. The Balaban J connectivity index is 1.94. The number of para-hydroxylation sites is 1. The molecule has 1 aromatic rings. The fourth-order valence-electron chi connectivity index (χ4n) is 2.23. The summed E-state index contributed by atoms with van der Waals surface area (Å²) in [6, 6.07) is 3.53. The van der Waals surface area contributed by atoms with E-state index in [9.17, 15) is 13.6 Å². The molecule has 1 heterocycles. The minimum absolute atomic E-state index is 0.0618. The Morgan fingerprint density at radius 3 is 2.74 bits per heavy atom. The van der Waals surface area contributed by atoms with Gasteiger partial charge in [-0.3, -0.25) is 9.69 Å². The molecule has 0 bridgehead atoms. The summed E-state index contributed by atoms with van der Waals surface area (Å²) in [6.45, 7) is 1.51. The van der Waals surface area contributed by atoms with Crippen LogP contribution >= 0.6 is 0 Å². The van der Waals surface area contributed by atoms with Gasteiger partial charge in [-0.05, 0) is 31.5 Å². The lowest BCUT2D eigenvalue weighted by Crippen LogP contribution is -2.45. The second-order valence-corrected chi connectivity index (χ2v) is 4.78. The number of nitrogens with zero attached hydrogens (tertiary/aromatic N) is 1. The highest BCUT2D eigenvalue weighted by Gasteiger charge is 2.20. The fourth-order valence-corrected chi connectivity index (χ4v) is 2.23. The van der Waals surface area contributed by atoms with Crippen LogP contribution in [0, 0.1) is 11.6 Å². The minimum Gasteiger partial charge on any atom is -0.327 e. The van der Waals surface area contributed by atoms with Crippen LogP contribution in [0.4, 0.5) is 14.5 Å². The maximum atomic E-state index is 13.4. The predicted octanol–water partition coefficient (Wildman–Crippen LogP) is 1.33. The third-order valence-corrected chi connectivity index (χ3v) is 3.14. The first-order chi connectivity index (χ1) is 9.06. The number of nitrogens with one attached hydrogen (secondary N) is 1. The van der Waals surface area contributed by atoms with Crippen LogP contribution in [0.1, 0.15) is 12.8 Å². The number of likely N-dealkylation sites (tertiary alicyclic amines) is 1. The number of anilines is 1. The van der Waals surface area contributed by atoms with E-state index in [-0.39, 0.29) is 12.6 Å². The number of hydrogen-bond donors (Lipinski definition) is 2. The first kappa shape index (κ1) is 13.9. The van der Waals surface area contributed by atoms with Crippen molar-refractivity contribution in [3.05, 3.63) is 29.8 Å². The summed E-state index contributed by atoms with van der Waals surface area (Å²) in [6.07, 6.45) is 1.88. The van der Waals surface area contributed by atoms with Crippen molar-refractivity contribution in [2.24, 2.45) is 5.73 Å². The van der Waals surface area contributed by atoms with Crippen LogP contribution in [0.15, 0.2) is 18.2 Å². The van der Waals surface area contributed by atoms with Crippen LogP contribution in [-0.2, 0) is 4.79 Å². The molecule has 0 spiro atoms. The van der Waals surface area contributed by atoms with Crippen molar-refractivity contribution >= 4 is 11.6 Å². The molecule has 104 valence electrons. The van der Waals surface area contributed by atoms with Crippen LogP contribution in [0.3, 0.4) is 0 Å². The lowest BCUT2D eigenvalue weighted by molar-refractivity contribution is -0.117. The van der Waals surface area contributed by atoms with Gasteiger partial charge in [0, 0.05) is 12.6 Å². The number of benzene rings is 1. The minimum atomic E-state index is -0.774. The molecule has 1 unspecified atom stereocenters. The normalized spacial score (nSPS) is 20.3. The number of halogens is 2. The zero-order valence-electron chi connectivity index (χ0n) is 10.5. The van der Waals surface area contributed by atoms with Crippen molar-refractivity contribution < 1.29 is 13.6 Å². The molecule has 1 fully saturated rings. The quantitative estimate of drug-likeness (QED) is 0.870. The average molecular weight is 269 g/mol. The van der Waals surface area contributed by atoms with Crippen LogP contribution < -0.4 is 11.1 Å². The van der Waals surface area contributed by atoms with E-state index in [1.165, 1.54) is 6.07 Å². The maximum Gasteiger partial charge on any atom is 0.238 e. The van der Waals surface area contributed by atoms with Crippen molar-refractivity contribution in [1.82, 2.24) is 4.90 Å². The third-order valence-electron chi connectivity index (χ3n) is 3.14. The van der Waals surface area contributed by atoms with Gasteiger partial charge in [-0.15, -0.1) is 0 Å². The molecule has 1 aromatic carbocycles. The molecular formula is C13H17F2N3O. The molecule has 0 saturated carbocycles. The molecule has 0 aliphatic carbocycles. The molecule has 1 aliphatic heterocycles. The summed E-state index contributed by atoms with van der Waals surface area (Å²) < 4.78 is 26.7. The molecule has 1 atom stereocenters. The summed E-state index contributed by atoms with van der Waals surface area (Å²) in [5.74, 6) is -1.98. The number of nitrogens with two attached hydrogens (primary N) is 1. The van der Waals surface area contributed by atoms with Crippen molar-refractivity contribution in [1.29, 1.82) is 0 Å². The molecule has 6 heteroatoms. The monoisotopic (exact) mass is 269 g/mol. The molecule has 0 aromatic heterocycles. The lowest BCUT2D eigenvalue weighted by Gasteiger charge is -2.29. The van der Waals surface area contributed by atoms with Gasteiger partial charge in [0.05, 0.1) is 6.54 Å². The number of carbonyl (C=O) groups is 1. The summed E-state index contributed by atoms with van der Waals surface area (Å²) in [5.41, 5.74) is 5.41. The smallest absolute Gasteiger partial charge is 0.238 e. The summed E-state index contributed by atoms with van der Waals surface area (Å²) in [4.78, 5) is 13.7. The van der Waals surface area contributed by atoms with Gasteiger partial charge in [0.25, 0.3) is 0 Å². The first-order valence-electron chi connectivity index (χ1n) is 6.28. The standard InChI is InChI=1S/C13H17F2N3O/c14-10-4-1-5-11(15)13(10)17-12(19)8-18-6-2-3-9(16)7-18/h1,4-5,9H,2-3,6-8,16H2,(H,17,19). The fraction of sp³-hybridized carbons (Fsp3) is 0.462. The Kier molecular flexibility index (Phi) is 4.44. The number of hydrogen-bond acceptors (Lipinski definition) is 3. The predicted molar refractivity (Wildman–Crippen MR) is 68.6 cm³/mol. The number of amides is 1. The molecule has 19 heavy (non-hydrogen) atoms. The van der Waals surface area contributed by atoms with Gasteiger partial charge in [0.15, 0.2) is 0 Å². The topological polar surface area (TPSA) is 58.4 Å². The lowest BCUT2D eigenvalue weighted by atomic mass is 10.1. The van der Waals surface area contributed by atoms with E-state index >= 15 is 0 Å². The van der Waals surface area contributed by atoms with E-state index in [2.05, 4.69) is 5.32 Å². The van der Waals surface area contributed by atoms with E-state index in [0.717, 1.165) is 31.5 Å². The second-order valence-electron chi connectivity index (χ2n) is 4.78. The van der Waals surface area contributed by atoms with Gasteiger partial charge in [0.1, 0.15) is 17.3 Å². The van der Waals surface area contributed by atoms with E-state index in [0.29, 0.717) is 6.54 Å². The van der Waals surface area contributed by atoms with Gasteiger partial charge >= 0.3 is 0 Å². The molecule has 4 nitrogen and oxygen atoms in total. The van der Waals surface area contributed by atoms with Crippen molar-refractivity contribution in [3.8, 4) is 0 Å². The largest absolute Gasteiger partial charge is 0.327 e. The van der Waals surface area contributed by atoms with E-state index < -0.39 is 23.2 Å². The Morgan fingerprint density at radius 1 is 1.42 bits per heavy atom.